The van der Waals surface area contributed by atoms with Gasteiger partial charge in [0, 0.05) is 29.6 Å². The fourth-order valence-corrected chi connectivity index (χ4v) is 4.46. The molecule has 0 radical (unpaired) electrons. The summed E-state index contributed by atoms with van der Waals surface area (Å²) in [7, 11) is 1.71. The predicted molar refractivity (Wildman–Crippen MR) is 121 cm³/mol. The van der Waals surface area contributed by atoms with Gasteiger partial charge in [-0.2, -0.15) is 0 Å². The van der Waals surface area contributed by atoms with Gasteiger partial charge in [-0.1, -0.05) is 60.7 Å². The van der Waals surface area contributed by atoms with Crippen molar-refractivity contribution in [3.63, 3.8) is 0 Å². The Morgan fingerprint density at radius 2 is 1.57 bits per heavy atom. The summed E-state index contributed by atoms with van der Waals surface area (Å²) in [5.41, 5.74) is 6.14. The summed E-state index contributed by atoms with van der Waals surface area (Å²) < 4.78 is 11.1. The monoisotopic (exact) mass is 398 g/mol. The number of H-pyrrole nitrogens is 1. The van der Waals surface area contributed by atoms with Gasteiger partial charge in [0.05, 0.1) is 32.1 Å². The number of methoxy groups -OCH3 is 1. The molecule has 3 aromatic carbocycles. The summed E-state index contributed by atoms with van der Waals surface area (Å²) in [6, 6.07) is 27.8. The van der Waals surface area contributed by atoms with Crippen molar-refractivity contribution in [2.75, 3.05) is 33.4 Å². The molecule has 0 saturated carbocycles. The maximum Gasteiger partial charge on any atom is 0.118 e. The maximum absolute atomic E-state index is 5.67. The smallest absolute Gasteiger partial charge is 0.118 e. The van der Waals surface area contributed by atoms with Crippen LogP contribution in [0.25, 0.3) is 22.2 Å². The summed E-state index contributed by atoms with van der Waals surface area (Å²) >= 11 is 0. The molecule has 0 aliphatic carbocycles. The van der Waals surface area contributed by atoms with E-state index < -0.39 is 0 Å². The second kappa shape index (κ2) is 8.34. The first-order valence-electron chi connectivity index (χ1n) is 10.5. The normalized spacial score (nSPS) is 15.9. The van der Waals surface area contributed by atoms with E-state index in [2.05, 4.69) is 88.7 Å². The van der Waals surface area contributed by atoms with E-state index in [0.29, 0.717) is 0 Å². The quantitative estimate of drug-likeness (QED) is 0.498. The molecule has 30 heavy (non-hydrogen) atoms. The summed E-state index contributed by atoms with van der Waals surface area (Å²) in [6.07, 6.45) is 0. The van der Waals surface area contributed by atoms with E-state index in [1.54, 1.807) is 7.11 Å². The highest BCUT2D eigenvalue weighted by Crippen LogP contribution is 2.41. The molecule has 1 aliphatic rings. The highest BCUT2D eigenvalue weighted by atomic mass is 16.5. The number of nitrogens with zero attached hydrogens (tertiary/aromatic N) is 1. The molecule has 0 spiro atoms. The van der Waals surface area contributed by atoms with Crippen LogP contribution < -0.4 is 4.74 Å². The second-order valence-corrected chi connectivity index (χ2v) is 7.65. The molecule has 0 amide bonds. The average Bonchev–Trinajstić information content (AvgIpc) is 3.20. The predicted octanol–water partition coefficient (Wildman–Crippen LogP) is 5.27. The molecule has 4 heteroatoms. The van der Waals surface area contributed by atoms with Crippen molar-refractivity contribution >= 4 is 10.9 Å². The van der Waals surface area contributed by atoms with Crippen LogP contribution in [0.3, 0.4) is 0 Å². The van der Waals surface area contributed by atoms with Crippen molar-refractivity contribution in [2.24, 2.45) is 0 Å². The summed E-state index contributed by atoms with van der Waals surface area (Å²) in [5.74, 6) is 0.877. The summed E-state index contributed by atoms with van der Waals surface area (Å²) in [4.78, 5) is 6.24. The summed E-state index contributed by atoms with van der Waals surface area (Å²) in [6.45, 7) is 3.33. The van der Waals surface area contributed by atoms with E-state index in [-0.39, 0.29) is 6.04 Å². The van der Waals surface area contributed by atoms with E-state index in [0.717, 1.165) is 37.6 Å². The third kappa shape index (κ3) is 3.49. The van der Waals surface area contributed by atoms with E-state index in [1.807, 2.05) is 0 Å². The Morgan fingerprint density at radius 3 is 2.30 bits per heavy atom. The van der Waals surface area contributed by atoms with Crippen LogP contribution in [0, 0.1) is 0 Å². The van der Waals surface area contributed by atoms with Crippen molar-refractivity contribution in [2.45, 2.75) is 6.04 Å². The number of fused-ring (bicyclic) bond motifs is 1. The van der Waals surface area contributed by atoms with E-state index in [4.69, 9.17) is 9.47 Å². The molecular weight excluding hydrogens is 372 g/mol. The fourth-order valence-electron chi connectivity index (χ4n) is 4.46. The van der Waals surface area contributed by atoms with Gasteiger partial charge in [-0.3, -0.25) is 4.90 Å². The molecule has 1 aliphatic heterocycles. The lowest BCUT2D eigenvalue weighted by molar-refractivity contribution is 0.0243. The van der Waals surface area contributed by atoms with Gasteiger partial charge in [-0.25, -0.2) is 0 Å². The number of aromatic nitrogens is 1. The van der Waals surface area contributed by atoms with Crippen LogP contribution in [0.5, 0.6) is 5.75 Å². The standard InChI is InChI=1S/C26H26N2O2/c1-29-21-13-11-20(12-14-21)26(28-15-17-30-18-16-28)24-22-9-5-6-10-23(22)27-25(24)19-7-3-2-4-8-19/h2-14,26-27H,15-18H2,1H3. The molecular formula is C26H26N2O2. The molecule has 4 aromatic rings. The van der Waals surface area contributed by atoms with Crippen molar-refractivity contribution in [1.29, 1.82) is 0 Å². The summed E-state index contributed by atoms with van der Waals surface area (Å²) in [5, 5.41) is 1.27. The zero-order chi connectivity index (χ0) is 20.3. The van der Waals surface area contributed by atoms with Gasteiger partial charge in [0.2, 0.25) is 0 Å². The Hall–Kier alpha value is -3.08. The Balaban J connectivity index is 1.73. The SMILES string of the molecule is COc1ccc(C(c2c(-c3ccccc3)[nH]c3ccccc23)N2CCOCC2)cc1. The van der Waals surface area contributed by atoms with Gasteiger partial charge >= 0.3 is 0 Å². The lowest BCUT2D eigenvalue weighted by Crippen LogP contribution is -2.39. The van der Waals surface area contributed by atoms with Crippen LogP contribution >= 0.6 is 0 Å². The topological polar surface area (TPSA) is 37.5 Å². The Kier molecular flexibility index (Phi) is 5.26. The first-order valence-corrected chi connectivity index (χ1v) is 10.5. The molecule has 5 rings (SSSR count). The van der Waals surface area contributed by atoms with Gasteiger partial charge in [-0.15, -0.1) is 0 Å². The molecule has 1 N–H and O–H groups in total. The lowest BCUT2D eigenvalue weighted by atomic mass is 9.92. The fraction of sp³-hybridized carbons (Fsp3) is 0.231. The van der Waals surface area contributed by atoms with E-state index in [9.17, 15) is 0 Å². The number of hydrogen-bond donors (Lipinski definition) is 1. The van der Waals surface area contributed by atoms with Gasteiger partial charge in [-0.05, 0) is 29.3 Å². The zero-order valence-electron chi connectivity index (χ0n) is 17.2. The number of ether oxygens (including phenoxy) is 2. The van der Waals surface area contributed by atoms with Gasteiger partial charge in [0.25, 0.3) is 0 Å². The first-order chi connectivity index (χ1) is 14.8. The van der Waals surface area contributed by atoms with Gasteiger partial charge in [0.1, 0.15) is 5.75 Å². The Morgan fingerprint density at radius 1 is 0.867 bits per heavy atom. The highest BCUT2D eigenvalue weighted by Gasteiger charge is 2.29. The minimum absolute atomic E-state index is 0.131. The lowest BCUT2D eigenvalue weighted by Gasteiger charge is -2.35. The number of hydrogen-bond acceptors (Lipinski definition) is 3. The average molecular weight is 399 g/mol. The zero-order valence-corrected chi connectivity index (χ0v) is 17.2. The first kappa shape index (κ1) is 18.9. The Bertz CT molecular complexity index is 1110. The van der Waals surface area contributed by atoms with Crippen molar-refractivity contribution in [3.05, 3.63) is 90.0 Å². The van der Waals surface area contributed by atoms with Crippen molar-refractivity contribution in [1.82, 2.24) is 9.88 Å². The third-order valence-corrected chi connectivity index (χ3v) is 5.92. The van der Waals surface area contributed by atoms with Gasteiger partial charge < -0.3 is 14.5 Å². The van der Waals surface area contributed by atoms with Crippen LogP contribution in [-0.4, -0.2) is 43.3 Å². The number of para-hydroxylation sites is 1. The van der Waals surface area contributed by atoms with Crippen LogP contribution in [0.4, 0.5) is 0 Å². The second-order valence-electron chi connectivity index (χ2n) is 7.65. The number of rotatable bonds is 5. The number of benzene rings is 3. The molecule has 1 aromatic heterocycles. The van der Waals surface area contributed by atoms with Crippen LogP contribution in [-0.2, 0) is 4.74 Å². The molecule has 1 unspecified atom stereocenters. The van der Waals surface area contributed by atoms with Gasteiger partial charge in [0.15, 0.2) is 0 Å². The van der Waals surface area contributed by atoms with Crippen molar-refractivity contribution < 1.29 is 9.47 Å². The number of morpholine rings is 1. The van der Waals surface area contributed by atoms with E-state index in [1.165, 1.54) is 27.8 Å². The highest BCUT2D eigenvalue weighted by molar-refractivity contribution is 5.91. The Labute approximate surface area is 177 Å². The van der Waals surface area contributed by atoms with Crippen LogP contribution in [0.2, 0.25) is 0 Å². The molecule has 4 nitrogen and oxygen atoms in total. The molecule has 152 valence electrons. The minimum Gasteiger partial charge on any atom is -0.497 e. The minimum atomic E-state index is 0.131. The molecule has 2 heterocycles. The molecule has 1 saturated heterocycles. The van der Waals surface area contributed by atoms with Crippen LogP contribution in [0.15, 0.2) is 78.9 Å². The number of nitrogens with one attached hydrogen (secondary N) is 1. The third-order valence-electron chi connectivity index (χ3n) is 5.92. The van der Waals surface area contributed by atoms with Crippen LogP contribution in [0.1, 0.15) is 17.2 Å². The van der Waals surface area contributed by atoms with E-state index >= 15 is 0 Å². The number of aromatic amines is 1. The maximum atomic E-state index is 5.67. The molecule has 0 bridgehead atoms. The van der Waals surface area contributed by atoms with Crippen molar-refractivity contribution in [3.8, 4) is 17.0 Å². The largest absolute Gasteiger partial charge is 0.497 e. The molecule has 1 fully saturated rings. The molecule has 1 atom stereocenters.